The molecule has 0 spiro atoms. The molecule has 3 aromatic rings. The number of benzene rings is 3. The van der Waals surface area contributed by atoms with Crippen molar-refractivity contribution in [3.05, 3.63) is 77.6 Å². The molecule has 0 radical (unpaired) electrons. The highest BCUT2D eigenvalue weighted by atomic mass is 19.2. The van der Waals surface area contributed by atoms with Gasteiger partial charge in [-0.1, -0.05) is 36.4 Å². The van der Waals surface area contributed by atoms with Crippen LogP contribution in [0, 0.1) is 17.5 Å². The standard InChI is InChI=1S/C17H12F3N/c18-14-8-15(19)17(20)16(9-14)21-10-11-5-6-12-3-1-2-4-13(12)7-11/h1-9,21H,10H2. The molecular weight excluding hydrogens is 275 g/mol. The van der Waals surface area contributed by atoms with Crippen LogP contribution in [0.25, 0.3) is 10.8 Å². The molecule has 0 saturated carbocycles. The summed E-state index contributed by atoms with van der Waals surface area (Å²) >= 11 is 0. The fourth-order valence-corrected chi connectivity index (χ4v) is 2.23. The van der Waals surface area contributed by atoms with Crippen LogP contribution in [0.3, 0.4) is 0 Å². The molecule has 21 heavy (non-hydrogen) atoms. The molecule has 0 aliphatic rings. The van der Waals surface area contributed by atoms with Gasteiger partial charge < -0.3 is 5.32 Å². The van der Waals surface area contributed by atoms with Crippen molar-refractivity contribution in [3.63, 3.8) is 0 Å². The van der Waals surface area contributed by atoms with E-state index in [4.69, 9.17) is 0 Å². The van der Waals surface area contributed by atoms with Gasteiger partial charge in [-0.15, -0.1) is 0 Å². The van der Waals surface area contributed by atoms with Crippen LogP contribution in [0.4, 0.5) is 18.9 Å². The lowest BCUT2D eigenvalue weighted by Gasteiger charge is -2.09. The predicted molar refractivity (Wildman–Crippen MR) is 77.6 cm³/mol. The van der Waals surface area contributed by atoms with Gasteiger partial charge in [0.25, 0.3) is 0 Å². The van der Waals surface area contributed by atoms with Gasteiger partial charge in [0.2, 0.25) is 0 Å². The zero-order valence-electron chi connectivity index (χ0n) is 11.0. The maximum absolute atomic E-state index is 13.5. The highest BCUT2D eigenvalue weighted by Crippen LogP contribution is 2.21. The molecule has 0 aliphatic carbocycles. The van der Waals surface area contributed by atoms with Crippen molar-refractivity contribution in [1.29, 1.82) is 0 Å². The van der Waals surface area contributed by atoms with Gasteiger partial charge in [0.1, 0.15) is 5.82 Å². The van der Waals surface area contributed by atoms with E-state index in [0.717, 1.165) is 22.4 Å². The number of hydrogen-bond donors (Lipinski definition) is 1. The second kappa shape index (κ2) is 5.48. The molecule has 0 atom stereocenters. The molecule has 3 rings (SSSR count). The molecule has 0 bridgehead atoms. The fraction of sp³-hybridized carbons (Fsp3) is 0.0588. The average molecular weight is 287 g/mol. The van der Waals surface area contributed by atoms with E-state index in [9.17, 15) is 13.2 Å². The summed E-state index contributed by atoms with van der Waals surface area (Å²) < 4.78 is 39.7. The Hall–Kier alpha value is -2.49. The van der Waals surface area contributed by atoms with Gasteiger partial charge in [-0.25, -0.2) is 13.2 Å². The zero-order valence-corrected chi connectivity index (χ0v) is 11.0. The zero-order chi connectivity index (χ0) is 14.8. The Kier molecular flexibility index (Phi) is 3.52. The van der Waals surface area contributed by atoms with E-state index in [-0.39, 0.29) is 12.2 Å². The van der Waals surface area contributed by atoms with E-state index < -0.39 is 17.5 Å². The SMILES string of the molecule is Fc1cc(F)c(F)c(NCc2ccc3ccccc3c2)c1. The van der Waals surface area contributed by atoms with E-state index in [2.05, 4.69) is 5.32 Å². The highest BCUT2D eigenvalue weighted by Gasteiger charge is 2.10. The summed E-state index contributed by atoms with van der Waals surface area (Å²) in [4.78, 5) is 0. The lowest BCUT2D eigenvalue weighted by Crippen LogP contribution is -2.03. The first kappa shape index (κ1) is 13.5. The third-order valence-corrected chi connectivity index (χ3v) is 3.29. The van der Waals surface area contributed by atoms with E-state index in [0.29, 0.717) is 6.07 Å². The Morgan fingerprint density at radius 1 is 0.810 bits per heavy atom. The van der Waals surface area contributed by atoms with E-state index in [1.165, 1.54) is 0 Å². The number of rotatable bonds is 3. The normalized spacial score (nSPS) is 10.8. The molecule has 0 fully saturated rings. The Morgan fingerprint density at radius 2 is 1.57 bits per heavy atom. The number of hydrogen-bond acceptors (Lipinski definition) is 1. The first-order valence-electron chi connectivity index (χ1n) is 6.49. The molecule has 3 aromatic carbocycles. The molecule has 0 aromatic heterocycles. The van der Waals surface area contributed by atoms with Gasteiger partial charge in [-0.3, -0.25) is 0 Å². The van der Waals surface area contributed by atoms with Crippen LogP contribution in [-0.4, -0.2) is 0 Å². The van der Waals surface area contributed by atoms with Crippen molar-refractivity contribution in [2.24, 2.45) is 0 Å². The van der Waals surface area contributed by atoms with Crippen molar-refractivity contribution in [3.8, 4) is 0 Å². The lowest BCUT2D eigenvalue weighted by atomic mass is 10.1. The Bertz CT molecular complexity index is 799. The van der Waals surface area contributed by atoms with Crippen LogP contribution in [0.15, 0.2) is 54.6 Å². The minimum Gasteiger partial charge on any atom is -0.378 e. The Balaban J connectivity index is 1.83. The Morgan fingerprint density at radius 3 is 2.38 bits per heavy atom. The minimum atomic E-state index is -1.20. The number of fused-ring (bicyclic) bond motifs is 1. The summed E-state index contributed by atoms with van der Waals surface area (Å²) in [6.07, 6.45) is 0. The fourth-order valence-electron chi connectivity index (χ4n) is 2.23. The van der Waals surface area contributed by atoms with Gasteiger partial charge >= 0.3 is 0 Å². The number of halogens is 3. The summed E-state index contributed by atoms with van der Waals surface area (Å²) in [6.45, 7) is 0.282. The number of nitrogens with one attached hydrogen (secondary N) is 1. The molecule has 0 heterocycles. The van der Waals surface area contributed by atoms with E-state index >= 15 is 0 Å². The maximum atomic E-state index is 13.5. The lowest BCUT2D eigenvalue weighted by molar-refractivity contribution is 0.497. The van der Waals surface area contributed by atoms with Gasteiger partial charge in [-0.05, 0) is 22.4 Å². The van der Waals surface area contributed by atoms with E-state index in [1.807, 2.05) is 42.5 Å². The first-order valence-corrected chi connectivity index (χ1v) is 6.49. The van der Waals surface area contributed by atoms with Crippen molar-refractivity contribution < 1.29 is 13.2 Å². The second-order valence-electron chi connectivity index (χ2n) is 4.78. The van der Waals surface area contributed by atoms with Crippen molar-refractivity contribution in [2.45, 2.75) is 6.54 Å². The van der Waals surface area contributed by atoms with Gasteiger partial charge in [0, 0.05) is 18.7 Å². The van der Waals surface area contributed by atoms with Gasteiger partial charge in [-0.2, -0.15) is 0 Å². The molecule has 1 nitrogen and oxygen atoms in total. The van der Waals surface area contributed by atoms with Crippen molar-refractivity contribution in [2.75, 3.05) is 5.32 Å². The largest absolute Gasteiger partial charge is 0.378 e. The summed E-state index contributed by atoms with van der Waals surface area (Å²) in [7, 11) is 0. The molecule has 0 unspecified atom stereocenters. The third-order valence-electron chi connectivity index (χ3n) is 3.29. The summed E-state index contributed by atoms with van der Waals surface area (Å²) in [5, 5.41) is 4.88. The van der Waals surface area contributed by atoms with Gasteiger partial charge in [0.15, 0.2) is 11.6 Å². The quantitative estimate of drug-likeness (QED) is 0.678. The highest BCUT2D eigenvalue weighted by molar-refractivity contribution is 5.83. The molecule has 0 saturated heterocycles. The summed E-state index contributed by atoms with van der Waals surface area (Å²) in [6, 6.07) is 15.1. The monoisotopic (exact) mass is 287 g/mol. The molecule has 1 N–H and O–H groups in total. The smallest absolute Gasteiger partial charge is 0.182 e. The van der Waals surface area contributed by atoms with Crippen LogP contribution in [0.2, 0.25) is 0 Å². The molecule has 0 aliphatic heterocycles. The topological polar surface area (TPSA) is 12.0 Å². The van der Waals surface area contributed by atoms with Crippen LogP contribution in [-0.2, 0) is 6.54 Å². The third kappa shape index (κ3) is 2.84. The van der Waals surface area contributed by atoms with Crippen molar-refractivity contribution in [1.82, 2.24) is 0 Å². The molecule has 0 amide bonds. The van der Waals surface area contributed by atoms with Gasteiger partial charge in [0.05, 0.1) is 5.69 Å². The van der Waals surface area contributed by atoms with Crippen LogP contribution in [0.5, 0.6) is 0 Å². The second-order valence-corrected chi connectivity index (χ2v) is 4.78. The van der Waals surface area contributed by atoms with Crippen molar-refractivity contribution >= 4 is 16.5 Å². The number of anilines is 1. The molecule has 106 valence electrons. The summed E-state index contributed by atoms with van der Waals surface area (Å²) in [5.74, 6) is -3.08. The Labute approximate surface area is 120 Å². The molecular formula is C17H12F3N. The average Bonchev–Trinajstić information content (AvgIpc) is 2.49. The van der Waals surface area contributed by atoms with Crippen LogP contribution >= 0.6 is 0 Å². The van der Waals surface area contributed by atoms with Crippen LogP contribution < -0.4 is 5.32 Å². The molecule has 4 heteroatoms. The van der Waals surface area contributed by atoms with E-state index in [1.54, 1.807) is 0 Å². The summed E-state index contributed by atoms with van der Waals surface area (Å²) in [5.41, 5.74) is 0.721. The minimum absolute atomic E-state index is 0.180. The predicted octanol–water partition coefficient (Wildman–Crippen LogP) is 4.87. The van der Waals surface area contributed by atoms with Crippen LogP contribution in [0.1, 0.15) is 5.56 Å². The maximum Gasteiger partial charge on any atom is 0.182 e. The first-order chi connectivity index (χ1) is 10.1.